The molecule has 1 aliphatic rings. The van der Waals surface area contributed by atoms with Crippen LogP contribution in [0, 0.1) is 0 Å². The zero-order valence-electron chi connectivity index (χ0n) is 9.94. The molecule has 1 fully saturated rings. The van der Waals surface area contributed by atoms with Crippen LogP contribution >= 0.6 is 27.5 Å². The number of aromatic nitrogens is 2. The molecule has 0 spiro atoms. The Balaban J connectivity index is 1.93. The van der Waals surface area contributed by atoms with Gasteiger partial charge in [-0.1, -0.05) is 34.1 Å². The highest BCUT2D eigenvalue weighted by Crippen LogP contribution is 2.42. The van der Waals surface area contributed by atoms with Gasteiger partial charge in [0.25, 0.3) is 0 Å². The fourth-order valence-corrected chi connectivity index (χ4v) is 2.90. The maximum absolute atomic E-state index is 5.99. The predicted octanol–water partition coefficient (Wildman–Crippen LogP) is 4.31. The van der Waals surface area contributed by atoms with E-state index in [2.05, 4.69) is 43.9 Å². The topological polar surface area (TPSA) is 17.8 Å². The monoisotopic (exact) mass is 324 g/mol. The third-order valence-electron chi connectivity index (χ3n) is 3.35. The Morgan fingerprint density at radius 2 is 2.06 bits per heavy atom. The lowest BCUT2D eigenvalue weighted by molar-refractivity contribution is 0.643. The molecule has 2 aromatic rings. The summed E-state index contributed by atoms with van der Waals surface area (Å²) in [6.45, 7) is 0.810. The maximum Gasteiger partial charge on any atom is 0.0673 e. The molecule has 18 heavy (non-hydrogen) atoms. The van der Waals surface area contributed by atoms with E-state index in [1.165, 1.54) is 29.7 Å². The van der Waals surface area contributed by atoms with Crippen molar-refractivity contribution >= 4 is 27.5 Å². The summed E-state index contributed by atoms with van der Waals surface area (Å²) in [5.41, 5.74) is 3.77. The molecule has 94 valence electrons. The molecular weight excluding hydrogens is 312 g/mol. The minimum atomic E-state index is 0.557. The van der Waals surface area contributed by atoms with Gasteiger partial charge in [-0.25, -0.2) is 0 Å². The van der Waals surface area contributed by atoms with Gasteiger partial charge in [0.2, 0.25) is 0 Å². The first-order chi connectivity index (χ1) is 8.79. The van der Waals surface area contributed by atoms with E-state index in [0.717, 1.165) is 11.0 Å². The van der Waals surface area contributed by atoms with Crippen molar-refractivity contribution in [1.82, 2.24) is 9.78 Å². The molecule has 0 N–H and O–H groups in total. The van der Waals surface area contributed by atoms with E-state index in [9.17, 15) is 0 Å². The highest BCUT2D eigenvalue weighted by molar-refractivity contribution is 9.10. The lowest BCUT2D eigenvalue weighted by Crippen LogP contribution is -2.06. The van der Waals surface area contributed by atoms with Gasteiger partial charge in [-0.2, -0.15) is 5.10 Å². The molecule has 0 aliphatic heterocycles. The number of hydrogen-bond donors (Lipinski definition) is 0. The predicted molar refractivity (Wildman–Crippen MR) is 77.0 cm³/mol. The number of halogens is 2. The summed E-state index contributed by atoms with van der Waals surface area (Å²) in [5.74, 6) is 1.23. The number of rotatable bonds is 4. The van der Waals surface area contributed by atoms with Crippen molar-refractivity contribution in [3.63, 3.8) is 0 Å². The summed E-state index contributed by atoms with van der Waals surface area (Å²) in [5, 5.41) is 4.50. The highest BCUT2D eigenvalue weighted by Gasteiger charge is 2.29. The van der Waals surface area contributed by atoms with Crippen molar-refractivity contribution in [3.05, 3.63) is 51.8 Å². The van der Waals surface area contributed by atoms with Gasteiger partial charge in [0, 0.05) is 21.6 Å². The van der Waals surface area contributed by atoms with Crippen LogP contribution < -0.4 is 0 Å². The summed E-state index contributed by atoms with van der Waals surface area (Å²) in [4.78, 5) is 0. The second-order valence-corrected chi connectivity index (χ2v) is 5.83. The Kier molecular flexibility index (Phi) is 3.44. The molecule has 1 aromatic heterocycles. The van der Waals surface area contributed by atoms with Crippen LogP contribution in [-0.4, -0.2) is 9.78 Å². The minimum absolute atomic E-state index is 0.557. The third-order valence-corrected chi connectivity index (χ3v) is 4.41. The van der Waals surface area contributed by atoms with Gasteiger partial charge in [-0.3, -0.25) is 4.68 Å². The first-order valence-corrected chi connectivity index (χ1v) is 7.46. The van der Waals surface area contributed by atoms with E-state index in [0.29, 0.717) is 11.8 Å². The van der Waals surface area contributed by atoms with Crippen molar-refractivity contribution in [2.45, 2.75) is 31.2 Å². The molecule has 4 heteroatoms. The first-order valence-electron chi connectivity index (χ1n) is 6.13. The smallest absolute Gasteiger partial charge is 0.0673 e. The van der Waals surface area contributed by atoms with Crippen LogP contribution in [0.2, 0.25) is 0 Å². The van der Waals surface area contributed by atoms with Crippen molar-refractivity contribution in [2.75, 3.05) is 0 Å². The first kappa shape index (κ1) is 12.2. The molecule has 0 amide bonds. The van der Waals surface area contributed by atoms with E-state index < -0.39 is 0 Å². The minimum Gasteiger partial charge on any atom is -0.265 e. The van der Waals surface area contributed by atoms with Gasteiger partial charge in [0.1, 0.15) is 0 Å². The molecular formula is C14H14BrClN2. The van der Waals surface area contributed by atoms with Crippen LogP contribution in [0.4, 0.5) is 0 Å². The fourth-order valence-electron chi connectivity index (χ4n) is 2.28. The molecule has 1 aromatic carbocycles. The number of benzene rings is 1. The molecule has 0 bridgehead atoms. The zero-order chi connectivity index (χ0) is 12.5. The summed E-state index contributed by atoms with van der Waals surface area (Å²) in [7, 11) is 0. The number of alkyl halides is 1. The van der Waals surface area contributed by atoms with Crippen molar-refractivity contribution in [3.8, 4) is 0 Å². The second-order valence-electron chi connectivity index (χ2n) is 4.71. The molecule has 1 aliphatic carbocycles. The maximum atomic E-state index is 5.99. The molecule has 0 atom stereocenters. The SMILES string of the molecule is ClCc1cnn(Cc2ccccc2Br)c1C1CC1. The Bertz CT molecular complexity index is 561. The quantitative estimate of drug-likeness (QED) is 0.766. The molecule has 3 rings (SSSR count). The summed E-state index contributed by atoms with van der Waals surface area (Å²) < 4.78 is 3.24. The lowest BCUT2D eigenvalue weighted by Gasteiger charge is -2.09. The van der Waals surface area contributed by atoms with Crippen LogP contribution in [0.1, 0.15) is 35.6 Å². The number of nitrogens with zero attached hydrogens (tertiary/aromatic N) is 2. The molecule has 2 nitrogen and oxygen atoms in total. The Labute approximate surface area is 120 Å². The summed E-state index contributed by atoms with van der Waals surface area (Å²) >= 11 is 9.58. The molecule has 1 saturated carbocycles. The van der Waals surface area contributed by atoms with Gasteiger partial charge in [-0.15, -0.1) is 11.6 Å². The van der Waals surface area contributed by atoms with Gasteiger partial charge < -0.3 is 0 Å². The lowest BCUT2D eigenvalue weighted by atomic mass is 10.2. The standard InChI is InChI=1S/C14H14BrClN2/c15-13-4-2-1-3-11(13)9-18-14(10-5-6-10)12(7-16)8-17-18/h1-4,8,10H,5-7,9H2. The molecule has 1 heterocycles. The van der Waals surface area contributed by atoms with Gasteiger partial charge in [0.15, 0.2) is 0 Å². The highest BCUT2D eigenvalue weighted by atomic mass is 79.9. The Hall–Kier alpha value is -0.800. The van der Waals surface area contributed by atoms with E-state index in [4.69, 9.17) is 11.6 Å². The van der Waals surface area contributed by atoms with Crippen LogP contribution in [0.25, 0.3) is 0 Å². The van der Waals surface area contributed by atoms with Crippen molar-refractivity contribution in [2.24, 2.45) is 0 Å². The van der Waals surface area contributed by atoms with Crippen LogP contribution in [-0.2, 0) is 12.4 Å². The van der Waals surface area contributed by atoms with Gasteiger partial charge >= 0.3 is 0 Å². The second kappa shape index (κ2) is 5.06. The van der Waals surface area contributed by atoms with Crippen molar-refractivity contribution in [1.29, 1.82) is 0 Å². The molecule has 0 saturated heterocycles. The average Bonchev–Trinajstić information content (AvgIpc) is 3.14. The molecule has 0 unspecified atom stereocenters. The third kappa shape index (κ3) is 2.34. The number of hydrogen-bond acceptors (Lipinski definition) is 1. The largest absolute Gasteiger partial charge is 0.265 e. The average molecular weight is 326 g/mol. The zero-order valence-corrected chi connectivity index (χ0v) is 12.3. The van der Waals surface area contributed by atoms with E-state index in [-0.39, 0.29) is 0 Å². The van der Waals surface area contributed by atoms with Crippen LogP contribution in [0.15, 0.2) is 34.9 Å². The van der Waals surface area contributed by atoms with Gasteiger partial charge in [-0.05, 0) is 24.5 Å². The van der Waals surface area contributed by atoms with Gasteiger partial charge in [0.05, 0.1) is 18.6 Å². The normalized spacial score (nSPS) is 15.0. The fraction of sp³-hybridized carbons (Fsp3) is 0.357. The van der Waals surface area contributed by atoms with E-state index in [1.54, 1.807) is 0 Å². The molecule has 0 radical (unpaired) electrons. The Morgan fingerprint density at radius 1 is 1.28 bits per heavy atom. The summed E-state index contributed by atoms with van der Waals surface area (Å²) in [6, 6.07) is 8.28. The Morgan fingerprint density at radius 3 is 2.72 bits per heavy atom. The van der Waals surface area contributed by atoms with Crippen LogP contribution in [0.3, 0.4) is 0 Å². The summed E-state index contributed by atoms with van der Waals surface area (Å²) in [6.07, 6.45) is 4.45. The van der Waals surface area contributed by atoms with Crippen molar-refractivity contribution < 1.29 is 0 Å². The van der Waals surface area contributed by atoms with E-state index in [1.807, 2.05) is 12.3 Å². The van der Waals surface area contributed by atoms with Crippen LogP contribution in [0.5, 0.6) is 0 Å². The van der Waals surface area contributed by atoms with E-state index >= 15 is 0 Å².